The molecule has 0 radical (unpaired) electrons. The minimum Gasteiger partial charge on any atom is -0.306 e. The number of likely N-dealkylation sites (tertiary alicyclic amines) is 1. The summed E-state index contributed by atoms with van der Waals surface area (Å²) in [5.41, 5.74) is 0. The van der Waals surface area contributed by atoms with Crippen molar-refractivity contribution >= 4 is 6.72 Å². The number of likely N-dealkylation sites (N-methyl/N-ethyl adjacent to an activating group) is 1. The molecule has 1 saturated heterocycles. The summed E-state index contributed by atoms with van der Waals surface area (Å²) >= 11 is 0. The molecule has 0 atom stereocenters. The van der Waals surface area contributed by atoms with Crippen molar-refractivity contribution in [3.8, 4) is 0 Å². The average molecular weight is 225 g/mol. The molecule has 1 heterocycles. The smallest absolute Gasteiger partial charge is 0.0509 e. The summed E-state index contributed by atoms with van der Waals surface area (Å²) in [6.07, 6.45) is 5.35. The molecular weight excluding hydrogens is 198 g/mol. The molecule has 0 bridgehead atoms. The van der Waals surface area contributed by atoms with E-state index in [0.29, 0.717) is 0 Å². The van der Waals surface area contributed by atoms with Crippen LogP contribution in [0.2, 0.25) is 0 Å². The third-order valence-electron chi connectivity index (χ3n) is 3.62. The lowest BCUT2D eigenvalue weighted by atomic mass is 10.0. The lowest BCUT2D eigenvalue weighted by Crippen LogP contribution is -2.39. The lowest BCUT2D eigenvalue weighted by molar-refractivity contribution is 0.161. The number of rotatable bonds is 5. The molecule has 0 aromatic heterocycles. The normalized spacial score (nSPS) is 20.7. The molecule has 3 heteroatoms. The highest BCUT2D eigenvalue weighted by Crippen LogP contribution is 2.16. The van der Waals surface area contributed by atoms with Crippen LogP contribution in [0.5, 0.6) is 0 Å². The topological polar surface area (TPSA) is 18.8 Å². The van der Waals surface area contributed by atoms with E-state index in [0.717, 1.165) is 25.7 Å². The minimum absolute atomic E-state index is 0.778. The molecule has 1 fully saturated rings. The minimum atomic E-state index is 0.778. The quantitative estimate of drug-likeness (QED) is 0.665. The van der Waals surface area contributed by atoms with E-state index >= 15 is 0 Å². The predicted octanol–water partition coefficient (Wildman–Crippen LogP) is 1.88. The van der Waals surface area contributed by atoms with Crippen molar-refractivity contribution in [2.45, 2.75) is 38.6 Å². The molecule has 0 aromatic rings. The molecule has 3 nitrogen and oxygen atoms in total. The van der Waals surface area contributed by atoms with E-state index in [-0.39, 0.29) is 0 Å². The Labute approximate surface area is 101 Å². The van der Waals surface area contributed by atoms with Crippen LogP contribution in [0.25, 0.3) is 0 Å². The summed E-state index contributed by atoms with van der Waals surface area (Å²) in [4.78, 5) is 9.01. The zero-order chi connectivity index (χ0) is 11.8. The van der Waals surface area contributed by atoms with Gasteiger partial charge in [-0.2, -0.15) is 0 Å². The molecule has 1 aliphatic rings. The molecule has 0 N–H and O–H groups in total. The third kappa shape index (κ3) is 4.62. The number of aliphatic imine (C=N–C) groups is 1. The Hall–Kier alpha value is -0.410. The van der Waals surface area contributed by atoms with Crippen molar-refractivity contribution in [1.29, 1.82) is 0 Å². The summed E-state index contributed by atoms with van der Waals surface area (Å²) in [6, 6.07) is 0.778. The summed E-state index contributed by atoms with van der Waals surface area (Å²) in [5, 5.41) is 0. The second kappa shape index (κ2) is 7.80. The van der Waals surface area contributed by atoms with Crippen molar-refractivity contribution in [2.75, 3.05) is 39.8 Å². The Morgan fingerprint density at radius 2 is 1.94 bits per heavy atom. The van der Waals surface area contributed by atoms with Gasteiger partial charge in [-0.05, 0) is 59.1 Å². The monoisotopic (exact) mass is 225 g/mol. The Morgan fingerprint density at radius 1 is 1.31 bits per heavy atom. The number of hydrogen-bond donors (Lipinski definition) is 0. The summed E-state index contributed by atoms with van der Waals surface area (Å²) < 4.78 is 0. The number of nitrogens with zero attached hydrogens (tertiary/aromatic N) is 3. The Balaban J connectivity index is 2.39. The molecule has 16 heavy (non-hydrogen) atoms. The van der Waals surface area contributed by atoms with Crippen molar-refractivity contribution in [3.63, 3.8) is 0 Å². The molecule has 1 aliphatic heterocycles. The Bertz CT molecular complexity index is 184. The standard InChI is InChI=1S/C13H27N3/c1-4-16(12-9-14-2)13-7-5-10-15(3)11-6-8-13/h13H,2,4-12H2,1,3H3. The average Bonchev–Trinajstić information content (AvgIpc) is 2.26. The maximum atomic E-state index is 3.97. The van der Waals surface area contributed by atoms with E-state index in [1.807, 2.05) is 0 Å². The van der Waals surface area contributed by atoms with Gasteiger partial charge in [0.05, 0.1) is 6.54 Å². The van der Waals surface area contributed by atoms with E-state index < -0.39 is 0 Å². The zero-order valence-electron chi connectivity index (χ0n) is 11.0. The van der Waals surface area contributed by atoms with Crippen LogP contribution < -0.4 is 0 Å². The van der Waals surface area contributed by atoms with Crippen LogP contribution in [-0.2, 0) is 0 Å². The van der Waals surface area contributed by atoms with Gasteiger partial charge in [0.2, 0.25) is 0 Å². The summed E-state index contributed by atoms with van der Waals surface area (Å²) in [6.45, 7) is 11.5. The molecule has 0 spiro atoms. The molecule has 0 aromatic carbocycles. The third-order valence-corrected chi connectivity index (χ3v) is 3.62. The van der Waals surface area contributed by atoms with Gasteiger partial charge >= 0.3 is 0 Å². The van der Waals surface area contributed by atoms with Crippen LogP contribution >= 0.6 is 0 Å². The maximum Gasteiger partial charge on any atom is 0.0509 e. The van der Waals surface area contributed by atoms with Crippen molar-refractivity contribution in [2.24, 2.45) is 4.99 Å². The first-order valence-corrected chi connectivity index (χ1v) is 6.63. The van der Waals surface area contributed by atoms with E-state index in [9.17, 15) is 0 Å². The van der Waals surface area contributed by atoms with Gasteiger partial charge in [-0.1, -0.05) is 6.92 Å². The van der Waals surface area contributed by atoms with E-state index in [4.69, 9.17) is 0 Å². The van der Waals surface area contributed by atoms with Gasteiger partial charge in [-0.15, -0.1) is 0 Å². The van der Waals surface area contributed by atoms with Crippen LogP contribution in [0.3, 0.4) is 0 Å². The molecule has 0 amide bonds. The predicted molar refractivity (Wildman–Crippen MR) is 71.4 cm³/mol. The molecule has 1 rings (SSSR count). The lowest BCUT2D eigenvalue weighted by Gasteiger charge is -2.33. The Morgan fingerprint density at radius 3 is 2.44 bits per heavy atom. The van der Waals surface area contributed by atoms with Gasteiger partial charge in [0.25, 0.3) is 0 Å². The molecule has 0 aliphatic carbocycles. The van der Waals surface area contributed by atoms with Gasteiger partial charge in [-0.3, -0.25) is 9.89 Å². The van der Waals surface area contributed by atoms with Crippen molar-refractivity contribution in [1.82, 2.24) is 9.80 Å². The van der Waals surface area contributed by atoms with E-state index in [1.165, 1.54) is 38.8 Å². The fourth-order valence-corrected chi connectivity index (χ4v) is 2.61. The van der Waals surface area contributed by atoms with Gasteiger partial charge in [0.1, 0.15) is 0 Å². The summed E-state index contributed by atoms with van der Waals surface area (Å²) in [5.74, 6) is 0. The molecule has 0 saturated carbocycles. The van der Waals surface area contributed by atoms with Crippen LogP contribution in [0.15, 0.2) is 4.99 Å². The number of hydrogen-bond acceptors (Lipinski definition) is 3. The maximum absolute atomic E-state index is 3.97. The SMILES string of the molecule is C=NCCN(CC)C1CCCN(C)CCC1. The van der Waals surface area contributed by atoms with Crippen LogP contribution in [0.4, 0.5) is 0 Å². The van der Waals surface area contributed by atoms with Crippen molar-refractivity contribution in [3.05, 3.63) is 0 Å². The highest BCUT2D eigenvalue weighted by Gasteiger charge is 2.18. The van der Waals surface area contributed by atoms with Gasteiger partial charge in [0.15, 0.2) is 0 Å². The molecule has 94 valence electrons. The van der Waals surface area contributed by atoms with E-state index in [1.54, 1.807) is 0 Å². The fourth-order valence-electron chi connectivity index (χ4n) is 2.61. The van der Waals surface area contributed by atoms with Gasteiger partial charge in [-0.25, -0.2) is 0 Å². The Kier molecular flexibility index (Phi) is 6.65. The second-order valence-corrected chi connectivity index (χ2v) is 4.82. The van der Waals surface area contributed by atoms with Gasteiger partial charge < -0.3 is 4.90 Å². The van der Waals surface area contributed by atoms with Crippen molar-refractivity contribution < 1.29 is 0 Å². The highest BCUT2D eigenvalue weighted by atomic mass is 15.2. The van der Waals surface area contributed by atoms with Crippen LogP contribution in [0, 0.1) is 0 Å². The van der Waals surface area contributed by atoms with Gasteiger partial charge in [0, 0.05) is 12.6 Å². The fraction of sp³-hybridized carbons (Fsp3) is 0.923. The first-order valence-electron chi connectivity index (χ1n) is 6.63. The summed E-state index contributed by atoms with van der Waals surface area (Å²) in [7, 11) is 2.24. The first kappa shape index (κ1) is 13.7. The largest absolute Gasteiger partial charge is 0.306 e. The first-order chi connectivity index (χ1) is 7.77. The zero-order valence-corrected chi connectivity index (χ0v) is 11.0. The molecular formula is C13H27N3. The highest BCUT2D eigenvalue weighted by molar-refractivity contribution is 5.23. The van der Waals surface area contributed by atoms with E-state index in [2.05, 4.69) is 35.5 Å². The van der Waals surface area contributed by atoms with Crippen LogP contribution in [-0.4, -0.2) is 62.3 Å². The second-order valence-electron chi connectivity index (χ2n) is 4.82. The van der Waals surface area contributed by atoms with Crippen LogP contribution in [0.1, 0.15) is 32.6 Å². The molecule has 0 unspecified atom stereocenters.